The van der Waals surface area contributed by atoms with Gasteiger partial charge in [0.25, 0.3) is 0 Å². The molecule has 1 atom stereocenters. The van der Waals surface area contributed by atoms with Crippen LogP contribution < -0.4 is 24.5 Å². The Morgan fingerprint density at radius 2 is 1.90 bits per heavy atom. The molecule has 12 heteroatoms. The molecule has 4 heterocycles. The number of halogens is 1. The quantitative estimate of drug-likeness (QED) is 0.392. The van der Waals surface area contributed by atoms with Crippen molar-refractivity contribution in [3.63, 3.8) is 0 Å². The number of hydrogen-bond acceptors (Lipinski definition) is 11. The minimum Gasteiger partial charge on any atom is -0.494 e. The molecule has 11 nitrogen and oxygen atoms in total. The lowest BCUT2D eigenvalue weighted by atomic mass is 10.1. The average molecular weight is 565 g/mol. The Hall–Kier alpha value is -3.74. The highest BCUT2D eigenvalue weighted by Gasteiger charge is 2.31. The second kappa shape index (κ2) is 12.4. The summed E-state index contributed by atoms with van der Waals surface area (Å²) < 4.78 is 30.3. The van der Waals surface area contributed by atoms with E-state index in [0.29, 0.717) is 23.6 Å². The number of hydrogen-bond donors (Lipinski definition) is 1. The molecular weight excluding hydrogens is 527 g/mol. The summed E-state index contributed by atoms with van der Waals surface area (Å²) in [6, 6.07) is 11.3. The maximum absolute atomic E-state index is 14.3. The van der Waals surface area contributed by atoms with Crippen molar-refractivity contribution in [2.45, 2.75) is 32.4 Å². The Morgan fingerprint density at radius 3 is 2.71 bits per heavy atom. The number of benzene rings is 2. The Bertz CT molecular complexity index is 1340. The van der Waals surface area contributed by atoms with Gasteiger partial charge in [0.15, 0.2) is 23.1 Å². The van der Waals surface area contributed by atoms with E-state index < -0.39 is 5.82 Å². The number of nitrogens with one attached hydrogen (secondary N) is 1. The van der Waals surface area contributed by atoms with Crippen molar-refractivity contribution in [2.75, 3.05) is 70.0 Å². The first kappa shape index (κ1) is 27.4. The summed E-state index contributed by atoms with van der Waals surface area (Å²) in [5.74, 6) is 2.32. The van der Waals surface area contributed by atoms with Crippen LogP contribution >= 0.6 is 0 Å². The molecule has 0 bridgehead atoms. The van der Waals surface area contributed by atoms with Crippen LogP contribution in [0.15, 0.2) is 42.7 Å². The highest BCUT2D eigenvalue weighted by atomic mass is 19.1. The lowest BCUT2D eigenvalue weighted by Crippen LogP contribution is -2.56. The van der Waals surface area contributed by atoms with Gasteiger partial charge in [0.1, 0.15) is 6.33 Å². The number of piperazine rings is 1. The zero-order chi connectivity index (χ0) is 28.2. The molecular formula is C29H37FN8O3. The SMILES string of the molecule is CCN1CCCC1CN(c1ncnc(Nc2ccc(OC)c(F)c2)n1)N1CCN(Cc2ccc3c(c2)OCO3)CC1. The predicted molar refractivity (Wildman–Crippen MR) is 153 cm³/mol. The third kappa shape index (κ3) is 6.29. The number of ether oxygens (including phenoxy) is 3. The van der Waals surface area contributed by atoms with Crippen LogP contribution in [0.3, 0.4) is 0 Å². The molecule has 3 aromatic rings. The fraction of sp³-hybridized carbons (Fsp3) is 0.483. The minimum atomic E-state index is -0.451. The smallest absolute Gasteiger partial charge is 0.245 e. The Balaban J connectivity index is 1.16. The van der Waals surface area contributed by atoms with Crippen LogP contribution in [-0.2, 0) is 6.54 Å². The lowest BCUT2D eigenvalue weighted by molar-refractivity contribution is 0.107. The first-order chi connectivity index (χ1) is 20.1. The second-order valence-electron chi connectivity index (χ2n) is 10.5. The maximum atomic E-state index is 14.3. The van der Waals surface area contributed by atoms with Crippen LogP contribution in [0.5, 0.6) is 17.2 Å². The maximum Gasteiger partial charge on any atom is 0.245 e. The number of likely N-dealkylation sites (N-methyl/N-ethyl adjacent to an activating group) is 1. The van der Waals surface area contributed by atoms with Gasteiger partial charge in [-0.15, -0.1) is 0 Å². The van der Waals surface area contributed by atoms with Crippen molar-refractivity contribution in [3.8, 4) is 17.2 Å². The summed E-state index contributed by atoms with van der Waals surface area (Å²) in [5.41, 5.74) is 1.75. The van der Waals surface area contributed by atoms with Crippen LogP contribution in [-0.4, -0.2) is 95.5 Å². The summed E-state index contributed by atoms with van der Waals surface area (Å²) >= 11 is 0. The minimum absolute atomic E-state index is 0.188. The fourth-order valence-electron chi connectivity index (χ4n) is 5.82. The van der Waals surface area contributed by atoms with Gasteiger partial charge in [-0.3, -0.25) is 14.8 Å². The van der Waals surface area contributed by atoms with Crippen molar-refractivity contribution in [3.05, 3.63) is 54.1 Å². The second-order valence-corrected chi connectivity index (χ2v) is 10.5. The van der Waals surface area contributed by atoms with E-state index in [1.54, 1.807) is 12.1 Å². The van der Waals surface area contributed by atoms with E-state index in [4.69, 9.17) is 19.2 Å². The zero-order valence-corrected chi connectivity index (χ0v) is 23.6. The number of hydrazine groups is 1. The van der Waals surface area contributed by atoms with E-state index in [1.807, 2.05) is 6.07 Å². The molecule has 3 aliphatic rings. The molecule has 1 unspecified atom stereocenters. The first-order valence-electron chi connectivity index (χ1n) is 14.3. The average Bonchev–Trinajstić information content (AvgIpc) is 3.65. The van der Waals surface area contributed by atoms with Crippen molar-refractivity contribution in [2.24, 2.45) is 0 Å². The standard InChI is InChI=1S/C29H37FN8O3/c1-3-36-10-4-5-23(36)18-38(29-32-19-31-28(34-29)33-22-7-9-25(39-2)24(30)16-22)37-13-11-35(12-14-37)17-21-6-8-26-27(15-21)41-20-40-26/h6-9,15-16,19,23H,3-5,10-14,17-18,20H2,1-2H3,(H,31,32,33,34). The van der Waals surface area contributed by atoms with Crippen LogP contribution in [0, 0.1) is 5.82 Å². The number of aromatic nitrogens is 3. The molecule has 0 aliphatic carbocycles. The number of fused-ring (bicyclic) bond motifs is 1. The summed E-state index contributed by atoms with van der Waals surface area (Å²) in [6.45, 7) is 9.82. The molecule has 0 amide bonds. The summed E-state index contributed by atoms with van der Waals surface area (Å²) in [7, 11) is 1.44. The van der Waals surface area contributed by atoms with E-state index in [1.165, 1.54) is 31.5 Å². The molecule has 41 heavy (non-hydrogen) atoms. The summed E-state index contributed by atoms with van der Waals surface area (Å²) in [4.78, 5) is 18.7. The van der Waals surface area contributed by atoms with Gasteiger partial charge in [0, 0.05) is 50.5 Å². The Labute approximate surface area is 239 Å². The third-order valence-electron chi connectivity index (χ3n) is 8.02. The fourth-order valence-corrected chi connectivity index (χ4v) is 5.82. The van der Waals surface area contributed by atoms with E-state index in [-0.39, 0.29) is 12.5 Å². The third-order valence-corrected chi connectivity index (χ3v) is 8.02. The predicted octanol–water partition coefficient (Wildman–Crippen LogP) is 3.52. The normalized spacial score (nSPS) is 19.4. The monoisotopic (exact) mass is 564 g/mol. The highest BCUT2D eigenvalue weighted by Crippen LogP contribution is 2.33. The largest absolute Gasteiger partial charge is 0.494 e. The number of rotatable bonds is 10. The van der Waals surface area contributed by atoms with E-state index in [0.717, 1.165) is 70.3 Å². The molecule has 6 rings (SSSR count). The summed E-state index contributed by atoms with van der Waals surface area (Å²) in [6.07, 6.45) is 3.86. The van der Waals surface area contributed by atoms with Gasteiger partial charge in [-0.1, -0.05) is 13.0 Å². The Morgan fingerprint density at radius 1 is 1.05 bits per heavy atom. The molecule has 2 aromatic carbocycles. The van der Waals surface area contributed by atoms with E-state index >= 15 is 0 Å². The van der Waals surface area contributed by atoms with Crippen LogP contribution in [0.1, 0.15) is 25.3 Å². The van der Waals surface area contributed by atoms with Gasteiger partial charge in [-0.25, -0.2) is 14.4 Å². The molecule has 2 saturated heterocycles. The molecule has 3 aliphatic heterocycles. The lowest BCUT2D eigenvalue weighted by Gasteiger charge is -2.42. The van der Waals surface area contributed by atoms with Gasteiger partial charge < -0.3 is 19.5 Å². The van der Waals surface area contributed by atoms with Crippen molar-refractivity contribution < 1.29 is 18.6 Å². The van der Waals surface area contributed by atoms with Gasteiger partial charge >= 0.3 is 0 Å². The molecule has 0 radical (unpaired) electrons. The molecule has 0 saturated carbocycles. The molecule has 1 aromatic heterocycles. The highest BCUT2D eigenvalue weighted by molar-refractivity contribution is 5.55. The van der Waals surface area contributed by atoms with Crippen molar-refractivity contribution in [1.29, 1.82) is 0 Å². The van der Waals surface area contributed by atoms with Crippen molar-refractivity contribution >= 4 is 17.6 Å². The Kier molecular flexibility index (Phi) is 8.31. The zero-order valence-electron chi connectivity index (χ0n) is 23.6. The van der Waals surface area contributed by atoms with Crippen LogP contribution in [0.4, 0.5) is 22.0 Å². The molecule has 2 fully saturated rings. The van der Waals surface area contributed by atoms with Gasteiger partial charge in [0.05, 0.1) is 13.7 Å². The van der Waals surface area contributed by atoms with Gasteiger partial charge in [-0.2, -0.15) is 9.97 Å². The molecule has 0 spiro atoms. The number of nitrogens with zero attached hydrogens (tertiary/aromatic N) is 7. The van der Waals surface area contributed by atoms with Crippen molar-refractivity contribution in [1.82, 2.24) is 29.8 Å². The van der Waals surface area contributed by atoms with Gasteiger partial charge in [0.2, 0.25) is 18.7 Å². The molecule has 1 N–H and O–H groups in total. The van der Waals surface area contributed by atoms with Crippen LogP contribution in [0.25, 0.3) is 0 Å². The number of likely N-dealkylation sites (tertiary alicyclic amines) is 1. The van der Waals surface area contributed by atoms with Crippen LogP contribution in [0.2, 0.25) is 0 Å². The van der Waals surface area contributed by atoms with Gasteiger partial charge in [-0.05, 0) is 55.8 Å². The summed E-state index contributed by atoms with van der Waals surface area (Å²) in [5, 5.41) is 7.70. The number of anilines is 3. The molecule has 218 valence electrons. The topological polar surface area (TPSA) is 91.4 Å². The first-order valence-corrected chi connectivity index (χ1v) is 14.3. The number of methoxy groups -OCH3 is 1. The van der Waals surface area contributed by atoms with E-state index in [2.05, 4.69) is 54.2 Å². The van der Waals surface area contributed by atoms with E-state index in [9.17, 15) is 4.39 Å².